The summed E-state index contributed by atoms with van der Waals surface area (Å²) < 4.78 is 6.59. The first-order valence-electron chi connectivity index (χ1n) is 19.0. The van der Waals surface area contributed by atoms with Gasteiger partial charge in [-0.3, -0.25) is 0 Å². The Labute approximate surface area is 326 Å². The fourth-order valence-electron chi connectivity index (χ4n) is 7.67. The lowest BCUT2D eigenvalue weighted by atomic mass is 9.96. The molecule has 0 N–H and O–H groups in total. The van der Waals surface area contributed by atoms with Crippen molar-refractivity contribution >= 4 is 39.2 Å². The van der Waals surface area contributed by atoms with Gasteiger partial charge in [-0.25, -0.2) is 9.98 Å². The van der Waals surface area contributed by atoms with Crippen LogP contribution in [0.3, 0.4) is 0 Å². The molecule has 1 aromatic heterocycles. The molecule has 2 heterocycles. The number of nitrogens with zero attached hydrogens (tertiary/aromatic N) is 2. The van der Waals surface area contributed by atoms with Crippen LogP contribution >= 0.6 is 0 Å². The summed E-state index contributed by atoms with van der Waals surface area (Å²) in [5, 5.41) is 2.05. The van der Waals surface area contributed by atoms with E-state index in [1.807, 2.05) is 30.3 Å². The Hall–Kier alpha value is -7.36. The van der Waals surface area contributed by atoms with E-state index in [0.717, 1.165) is 61.2 Å². The summed E-state index contributed by atoms with van der Waals surface area (Å²) in [6.07, 6.45) is 2.84. The Morgan fingerprint density at radius 2 is 0.804 bits per heavy atom. The molecule has 0 fully saturated rings. The van der Waals surface area contributed by atoms with Crippen molar-refractivity contribution in [1.29, 1.82) is 0 Å². The lowest BCUT2D eigenvalue weighted by molar-refractivity contribution is 0.669. The zero-order chi connectivity index (χ0) is 37.3. The van der Waals surface area contributed by atoms with Crippen LogP contribution in [0.25, 0.3) is 72.1 Å². The van der Waals surface area contributed by atoms with Gasteiger partial charge in [0.15, 0.2) is 5.84 Å². The Bertz CT molecular complexity index is 2920. The first-order chi connectivity index (χ1) is 27.7. The highest BCUT2D eigenvalue weighted by Gasteiger charge is 2.21. The average molecular weight is 717 g/mol. The number of amidine groups is 1. The molecule has 0 amide bonds. The van der Waals surface area contributed by atoms with Gasteiger partial charge in [0.05, 0.1) is 11.4 Å². The Balaban J connectivity index is 1.13. The predicted molar refractivity (Wildman–Crippen MR) is 234 cm³/mol. The van der Waals surface area contributed by atoms with Crippen molar-refractivity contribution in [2.45, 2.75) is 6.42 Å². The standard InChI is InChI=1S/C53H36N2O/c1-4-12-36(13-5-1)39-20-22-42(23-21-39)45-34-47(52-46-18-10-11-19-50(46)56-51(52)35-45)53-54-48(43-28-24-40(25-29-43)37-14-6-2-7-15-37)32-33-49(55-53)44-30-26-41(27-31-44)38-16-8-3-9-17-38/h1-32,34-35H,33H2. The number of furan rings is 1. The Kier molecular flexibility index (Phi) is 8.58. The maximum Gasteiger partial charge on any atom is 0.160 e. The van der Waals surface area contributed by atoms with Gasteiger partial charge in [-0.1, -0.05) is 188 Å². The predicted octanol–water partition coefficient (Wildman–Crippen LogP) is 13.9. The van der Waals surface area contributed by atoms with E-state index in [9.17, 15) is 0 Å². The number of aliphatic imine (C=N–C) groups is 2. The van der Waals surface area contributed by atoms with E-state index in [1.54, 1.807) is 0 Å². The van der Waals surface area contributed by atoms with E-state index in [0.29, 0.717) is 12.3 Å². The van der Waals surface area contributed by atoms with Crippen LogP contribution in [0.15, 0.2) is 221 Å². The van der Waals surface area contributed by atoms with Crippen LogP contribution in [0.1, 0.15) is 23.1 Å². The van der Waals surface area contributed by atoms with Crippen molar-refractivity contribution in [2.75, 3.05) is 0 Å². The lowest BCUT2D eigenvalue weighted by Crippen LogP contribution is -2.06. The first kappa shape index (κ1) is 33.2. The number of rotatable bonds is 7. The van der Waals surface area contributed by atoms with E-state index in [1.165, 1.54) is 33.4 Å². The van der Waals surface area contributed by atoms with Gasteiger partial charge in [-0.2, -0.15) is 0 Å². The molecule has 8 aromatic carbocycles. The van der Waals surface area contributed by atoms with Crippen molar-refractivity contribution in [1.82, 2.24) is 0 Å². The van der Waals surface area contributed by atoms with E-state index >= 15 is 0 Å². The van der Waals surface area contributed by atoms with Crippen LogP contribution < -0.4 is 0 Å². The second-order valence-electron chi connectivity index (χ2n) is 14.1. The quantitative estimate of drug-likeness (QED) is 0.162. The molecular formula is C53H36N2O. The van der Waals surface area contributed by atoms with Gasteiger partial charge in [0.1, 0.15) is 11.2 Å². The first-order valence-corrected chi connectivity index (χ1v) is 19.0. The molecule has 0 aliphatic carbocycles. The highest BCUT2D eigenvalue weighted by atomic mass is 16.3. The monoisotopic (exact) mass is 716 g/mol. The Morgan fingerprint density at radius 3 is 1.36 bits per heavy atom. The van der Waals surface area contributed by atoms with Gasteiger partial charge >= 0.3 is 0 Å². The molecule has 0 saturated heterocycles. The fraction of sp³-hybridized carbons (Fsp3) is 0.0189. The minimum absolute atomic E-state index is 0.628. The molecule has 3 nitrogen and oxygen atoms in total. The smallest absolute Gasteiger partial charge is 0.160 e. The number of allylic oxidation sites excluding steroid dienone is 1. The summed E-state index contributed by atoms with van der Waals surface area (Å²) in [6, 6.07) is 70.2. The minimum Gasteiger partial charge on any atom is -0.456 e. The van der Waals surface area contributed by atoms with Gasteiger partial charge in [0.2, 0.25) is 0 Å². The molecule has 1 aliphatic heterocycles. The molecule has 0 unspecified atom stereocenters. The number of hydrogen-bond acceptors (Lipinski definition) is 3. The summed E-state index contributed by atoms with van der Waals surface area (Å²) in [6.45, 7) is 0. The summed E-state index contributed by atoms with van der Waals surface area (Å²) in [5.74, 6) is 0.655. The van der Waals surface area contributed by atoms with E-state index in [4.69, 9.17) is 14.4 Å². The zero-order valence-corrected chi connectivity index (χ0v) is 30.6. The molecule has 0 saturated carbocycles. The third-order valence-corrected chi connectivity index (χ3v) is 10.6. The van der Waals surface area contributed by atoms with E-state index in [2.05, 4.69) is 176 Å². The van der Waals surface area contributed by atoms with Crippen molar-refractivity contribution in [3.8, 4) is 44.5 Å². The molecule has 0 spiro atoms. The zero-order valence-electron chi connectivity index (χ0n) is 30.6. The molecule has 56 heavy (non-hydrogen) atoms. The lowest BCUT2D eigenvalue weighted by Gasteiger charge is -2.11. The molecular weight excluding hydrogens is 681 g/mol. The highest BCUT2D eigenvalue weighted by molar-refractivity contribution is 6.23. The van der Waals surface area contributed by atoms with Gasteiger partial charge in [0.25, 0.3) is 0 Å². The summed E-state index contributed by atoms with van der Waals surface area (Å²) in [7, 11) is 0. The summed E-state index contributed by atoms with van der Waals surface area (Å²) >= 11 is 0. The molecule has 0 radical (unpaired) electrons. The fourth-order valence-corrected chi connectivity index (χ4v) is 7.67. The van der Waals surface area contributed by atoms with Crippen LogP contribution in [-0.2, 0) is 0 Å². The molecule has 0 bridgehead atoms. The second kappa shape index (κ2) is 14.5. The topological polar surface area (TPSA) is 37.9 Å². The minimum atomic E-state index is 0.628. The van der Waals surface area contributed by atoms with Crippen molar-refractivity contribution in [3.05, 3.63) is 223 Å². The average Bonchev–Trinajstić information content (AvgIpc) is 3.51. The molecule has 3 heteroatoms. The molecule has 9 aromatic rings. The van der Waals surface area contributed by atoms with Gasteiger partial charge in [-0.05, 0) is 73.8 Å². The van der Waals surface area contributed by atoms with Crippen LogP contribution in [0.5, 0.6) is 0 Å². The van der Waals surface area contributed by atoms with E-state index < -0.39 is 0 Å². The van der Waals surface area contributed by atoms with Crippen molar-refractivity contribution < 1.29 is 4.42 Å². The van der Waals surface area contributed by atoms with Crippen LogP contribution in [0.2, 0.25) is 0 Å². The van der Waals surface area contributed by atoms with Gasteiger partial charge in [-0.15, -0.1) is 0 Å². The molecule has 0 atom stereocenters. The maximum absolute atomic E-state index is 6.59. The summed E-state index contributed by atoms with van der Waals surface area (Å²) in [4.78, 5) is 10.9. The molecule has 264 valence electrons. The summed E-state index contributed by atoms with van der Waals surface area (Å²) in [5.41, 5.74) is 15.7. The van der Waals surface area contributed by atoms with Gasteiger partial charge in [0, 0.05) is 22.8 Å². The SMILES string of the molecule is C1=C(c2ccc(-c3ccccc3)cc2)N=C(c2cc(-c3ccc(-c4ccccc4)cc3)cc3oc4ccccc4c23)N=C(c2ccc(-c3ccccc3)cc2)C1. The normalized spacial score (nSPS) is 12.9. The number of fused-ring (bicyclic) bond motifs is 3. The number of para-hydroxylation sites is 1. The van der Waals surface area contributed by atoms with Crippen LogP contribution in [0, 0.1) is 0 Å². The maximum atomic E-state index is 6.59. The van der Waals surface area contributed by atoms with Crippen molar-refractivity contribution in [3.63, 3.8) is 0 Å². The highest BCUT2D eigenvalue weighted by Crippen LogP contribution is 2.38. The number of hydrogen-bond donors (Lipinski definition) is 0. The van der Waals surface area contributed by atoms with E-state index in [-0.39, 0.29) is 0 Å². The van der Waals surface area contributed by atoms with Crippen molar-refractivity contribution in [2.24, 2.45) is 9.98 Å². The van der Waals surface area contributed by atoms with Crippen LogP contribution in [0.4, 0.5) is 0 Å². The van der Waals surface area contributed by atoms with Crippen LogP contribution in [-0.4, -0.2) is 11.5 Å². The molecule has 1 aliphatic rings. The molecule has 10 rings (SSSR count). The number of benzene rings is 8. The largest absolute Gasteiger partial charge is 0.456 e. The van der Waals surface area contributed by atoms with Gasteiger partial charge < -0.3 is 4.42 Å². The third-order valence-electron chi connectivity index (χ3n) is 10.6. The Morgan fingerprint density at radius 1 is 0.357 bits per heavy atom. The second-order valence-corrected chi connectivity index (χ2v) is 14.1. The third kappa shape index (κ3) is 6.46.